The number of anilines is 1. The molecule has 3 aromatic rings. The van der Waals surface area contributed by atoms with Gasteiger partial charge in [0, 0.05) is 39.0 Å². The van der Waals surface area contributed by atoms with Crippen LogP contribution in [-0.4, -0.2) is 75.7 Å². The summed E-state index contributed by atoms with van der Waals surface area (Å²) in [5, 5.41) is 20.5. The van der Waals surface area contributed by atoms with E-state index in [-0.39, 0.29) is 18.8 Å². The predicted molar refractivity (Wildman–Crippen MR) is 126 cm³/mol. The number of aliphatic hydroxyl groups is 2. The second-order valence-electron chi connectivity index (χ2n) is 8.71. The number of benzene rings is 2. The number of aliphatic hydroxyl groups excluding tert-OH is 2. The molecule has 2 fully saturated rings. The Morgan fingerprint density at radius 3 is 2.32 bits per heavy atom. The molecule has 0 radical (unpaired) electrons. The molecule has 1 saturated heterocycles. The van der Waals surface area contributed by atoms with Crippen LogP contribution in [0.3, 0.4) is 0 Å². The van der Waals surface area contributed by atoms with E-state index in [0.717, 1.165) is 16.5 Å². The lowest BCUT2D eigenvalue weighted by Gasteiger charge is -2.34. The van der Waals surface area contributed by atoms with Crippen LogP contribution < -0.4 is 9.64 Å². The number of piperazine rings is 1. The number of carbonyl (C=O) groups excluding carboxylic acids is 1. The number of nitrogens with zero attached hydrogens (tertiary/aromatic N) is 4. The van der Waals surface area contributed by atoms with Gasteiger partial charge in [-0.05, 0) is 17.7 Å². The van der Waals surface area contributed by atoms with Crippen molar-refractivity contribution < 1.29 is 24.5 Å². The third-order valence-electron chi connectivity index (χ3n) is 6.31. The quantitative estimate of drug-likeness (QED) is 0.593. The molecule has 2 heterocycles. The molecule has 5 rings (SSSR count). The van der Waals surface area contributed by atoms with Gasteiger partial charge < -0.3 is 29.5 Å². The highest BCUT2D eigenvalue weighted by molar-refractivity contribution is 5.84. The van der Waals surface area contributed by atoms with E-state index >= 15 is 0 Å². The van der Waals surface area contributed by atoms with E-state index in [4.69, 9.17) is 14.5 Å². The molecule has 0 spiro atoms. The van der Waals surface area contributed by atoms with Crippen molar-refractivity contribution in [2.45, 2.75) is 37.8 Å². The molecule has 1 aliphatic carbocycles. The Kier molecular flexibility index (Phi) is 6.46. The van der Waals surface area contributed by atoms with E-state index in [1.165, 1.54) is 0 Å². The van der Waals surface area contributed by atoms with Crippen LogP contribution in [0, 0.1) is 0 Å². The van der Waals surface area contributed by atoms with E-state index in [0.29, 0.717) is 50.8 Å². The number of hydrogen-bond acceptors (Lipinski definition) is 8. The van der Waals surface area contributed by atoms with E-state index in [9.17, 15) is 15.0 Å². The second kappa shape index (κ2) is 9.82. The van der Waals surface area contributed by atoms with Gasteiger partial charge in [-0.25, -0.2) is 9.78 Å². The minimum absolute atomic E-state index is 0.249. The van der Waals surface area contributed by atoms with Crippen LogP contribution in [0.4, 0.5) is 10.7 Å². The number of fused-ring (bicyclic) bond motifs is 1. The highest BCUT2D eigenvalue weighted by Crippen LogP contribution is 2.30. The molecule has 9 nitrogen and oxygen atoms in total. The molecule has 2 aromatic carbocycles. The van der Waals surface area contributed by atoms with Crippen molar-refractivity contribution in [1.82, 2.24) is 14.9 Å². The molecule has 3 atom stereocenters. The third kappa shape index (κ3) is 4.90. The van der Waals surface area contributed by atoms with Crippen molar-refractivity contribution in [1.29, 1.82) is 0 Å². The molecule has 34 heavy (non-hydrogen) atoms. The minimum atomic E-state index is -0.785. The molecule has 0 unspecified atom stereocenters. The van der Waals surface area contributed by atoms with Gasteiger partial charge in [0.25, 0.3) is 0 Å². The average molecular weight is 465 g/mol. The van der Waals surface area contributed by atoms with Crippen LogP contribution in [-0.2, 0) is 11.3 Å². The maximum absolute atomic E-state index is 12.5. The van der Waals surface area contributed by atoms with E-state index in [1.807, 2.05) is 59.5 Å². The van der Waals surface area contributed by atoms with Gasteiger partial charge in [0.1, 0.15) is 12.7 Å². The van der Waals surface area contributed by atoms with Crippen LogP contribution in [0.2, 0.25) is 0 Å². The molecular weight excluding hydrogens is 436 g/mol. The number of rotatable bonds is 5. The van der Waals surface area contributed by atoms with Gasteiger partial charge in [0.2, 0.25) is 11.8 Å². The fraction of sp³-hybridized carbons (Fsp3) is 0.400. The van der Waals surface area contributed by atoms with Crippen LogP contribution in [0.15, 0.2) is 54.6 Å². The molecule has 0 bridgehead atoms. The highest BCUT2D eigenvalue weighted by Gasteiger charge is 2.34. The largest absolute Gasteiger partial charge is 0.474 e. The van der Waals surface area contributed by atoms with Crippen LogP contribution in [0.25, 0.3) is 10.9 Å². The molecule has 178 valence electrons. The van der Waals surface area contributed by atoms with Gasteiger partial charge in [0.15, 0.2) is 0 Å². The molecule has 2 aliphatic rings. The van der Waals surface area contributed by atoms with Crippen molar-refractivity contribution in [2.75, 3.05) is 31.1 Å². The topological polar surface area (TPSA) is 108 Å². The van der Waals surface area contributed by atoms with Gasteiger partial charge in [-0.2, -0.15) is 4.98 Å². The molecule has 1 saturated carbocycles. The number of ether oxygens (including phenoxy) is 2. The fourth-order valence-corrected chi connectivity index (χ4v) is 4.37. The Labute approximate surface area is 197 Å². The number of amides is 1. The van der Waals surface area contributed by atoms with Crippen LogP contribution >= 0.6 is 0 Å². The summed E-state index contributed by atoms with van der Waals surface area (Å²) in [4.78, 5) is 25.6. The normalized spacial score (nSPS) is 22.7. The van der Waals surface area contributed by atoms with Crippen molar-refractivity contribution in [3.63, 3.8) is 0 Å². The van der Waals surface area contributed by atoms with Gasteiger partial charge in [0.05, 0.1) is 23.1 Å². The zero-order valence-electron chi connectivity index (χ0n) is 18.8. The summed E-state index contributed by atoms with van der Waals surface area (Å²) in [5.41, 5.74) is 1.71. The zero-order valence-corrected chi connectivity index (χ0v) is 18.8. The van der Waals surface area contributed by atoms with Gasteiger partial charge in [-0.3, -0.25) is 0 Å². The Morgan fingerprint density at radius 1 is 0.912 bits per heavy atom. The first-order chi connectivity index (χ1) is 16.6. The summed E-state index contributed by atoms with van der Waals surface area (Å²) in [6.45, 7) is 2.39. The second-order valence-corrected chi connectivity index (χ2v) is 8.71. The third-order valence-corrected chi connectivity index (χ3v) is 6.31. The Balaban J connectivity index is 1.25. The lowest BCUT2D eigenvalue weighted by Crippen LogP contribution is -2.49. The first-order valence-corrected chi connectivity index (χ1v) is 11.6. The number of aromatic nitrogens is 2. The SMILES string of the molecule is O=C(OCc1ccccc1)N1CCN(c2nc(O[C@@H]3C[C@@H](O)[C@@H](O)C3)c3ccccc3n2)CC1. The predicted octanol–water partition coefficient (Wildman–Crippen LogP) is 2.35. The molecule has 1 aliphatic heterocycles. The fourth-order valence-electron chi connectivity index (χ4n) is 4.37. The van der Waals surface area contributed by atoms with Gasteiger partial charge in [-0.15, -0.1) is 0 Å². The Hall–Kier alpha value is -3.43. The number of para-hydroxylation sites is 1. The highest BCUT2D eigenvalue weighted by atomic mass is 16.6. The van der Waals surface area contributed by atoms with E-state index < -0.39 is 12.2 Å². The van der Waals surface area contributed by atoms with E-state index in [1.54, 1.807) is 4.90 Å². The maximum atomic E-state index is 12.5. The maximum Gasteiger partial charge on any atom is 0.410 e. The average Bonchev–Trinajstić information content (AvgIpc) is 3.19. The Bertz CT molecular complexity index is 1130. The minimum Gasteiger partial charge on any atom is -0.474 e. The lowest BCUT2D eigenvalue weighted by molar-refractivity contribution is 0.0438. The molecule has 1 aromatic heterocycles. The zero-order chi connectivity index (χ0) is 23.5. The van der Waals surface area contributed by atoms with Gasteiger partial charge >= 0.3 is 6.09 Å². The molecular formula is C25H28N4O5. The van der Waals surface area contributed by atoms with Crippen molar-refractivity contribution >= 4 is 22.9 Å². The first kappa shape index (κ1) is 22.4. The van der Waals surface area contributed by atoms with Crippen LogP contribution in [0.5, 0.6) is 5.88 Å². The number of hydrogen-bond donors (Lipinski definition) is 2. The molecule has 2 N–H and O–H groups in total. The monoisotopic (exact) mass is 464 g/mol. The summed E-state index contributed by atoms with van der Waals surface area (Å²) < 4.78 is 11.6. The summed E-state index contributed by atoms with van der Waals surface area (Å²) in [6, 6.07) is 17.2. The smallest absolute Gasteiger partial charge is 0.410 e. The van der Waals surface area contributed by atoms with Crippen molar-refractivity contribution in [3.8, 4) is 5.88 Å². The summed E-state index contributed by atoms with van der Waals surface area (Å²) in [6.07, 6.45) is -1.49. The van der Waals surface area contributed by atoms with Gasteiger partial charge in [-0.1, -0.05) is 42.5 Å². The summed E-state index contributed by atoms with van der Waals surface area (Å²) in [5.74, 6) is 0.974. The summed E-state index contributed by atoms with van der Waals surface area (Å²) >= 11 is 0. The Morgan fingerprint density at radius 2 is 1.59 bits per heavy atom. The van der Waals surface area contributed by atoms with E-state index in [2.05, 4.69) is 4.98 Å². The van der Waals surface area contributed by atoms with Crippen molar-refractivity contribution in [2.24, 2.45) is 0 Å². The first-order valence-electron chi connectivity index (χ1n) is 11.6. The summed E-state index contributed by atoms with van der Waals surface area (Å²) in [7, 11) is 0. The number of carbonyl (C=O) groups is 1. The molecule has 1 amide bonds. The van der Waals surface area contributed by atoms with Crippen LogP contribution in [0.1, 0.15) is 18.4 Å². The lowest BCUT2D eigenvalue weighted by atomic mass is 10.2. The standard InChI is InChI=1S/C25H28N4O5/c30-21-14-18(15-22(21)31)34-23-19-8-4-5-9-20(19)26-24(27-23)28-10-12-29(13-11-28)25(32)33-16-17-6-2-1-3-7-17/h1-9,18,21-22,30-31H,10-16H2/t18-,21-,22+. The van der Waals surface area contributed by atoms with Crippen molar-refractivity contribution in [3.05, 3.63) is 60.2 Å². The molecule has 9 heteroatoms.